The Balaban J connectivity index is 0.00000121. The van der Waals surface area contributed by atoms with Crippen molar-refractivity contribution in [2.24, 2.45) is 0 Å². The molecule has 0 aromatic carbocycles. The van der Waals surface area contributed by atoms with Gasteiger partial charge in [-0.05, 0) is 0 Å². The average Bonchev–Trinajstić information content (AvgIpc) is 2.37. The molecule has 0 unspecified atom stereocenters. The maximum absolute atomic E-state index is 2.60. The molecule has 0 saturated carbocycles. The zero-order valence-corrected chi connectivity index (χ0v) is 12.9. The van der Waals surface area contributed by atoms with Crippen LogP contribution in [0.4, 0.5) is 0 Å². The van der Waals surface area contributed by atoms with Crippen molar-refractivity contribution >= 4 is 18.3 Å². The van der Waals surface area contributed by atoms with E-state index in [1.54, 1.807) is 0 Å². The third kappa shape index (κ3) is 2.68. The summed E-state index contributed by atoms with van der Waals surface area (Å²) in [5.74, 6) is -0.331. The van der Waals surface area contributed by atoms with Gasteiger partial charge in [0.05, 0.1) is 0 Å². The predicted octanol–water partition coefficient (Wildman–Crippen LogP) is 3.49. The second-order valence-corrected chi connectivity index (χ2v) is 33.6. The van der Waals surface area contributed by atoms with Gasteiger partial charge in [0.15, 0.2) is 0 Å². The van der Waals surface area contributed by atoms with Gasteiger partial charge in [0.2, 0.25) is 0 Å². The number of rotatable bonds is 2. The zero-order chi connectivity index (χ0) is 8.48. The van der Waals surface area contributed by atoms with Gasteiger partial charge in [0.25, 0.3) is 0 Å². The van der Waals surface area contributed by atoms with E-state index in [4.69, 9.17) is 0 Å². The van der Waals surface area contributed by atoms with Gasteiger partial charge in [-0.2, -0.15) is 0 Å². The van der Waals surface area contributed by atoms with E-state index in [1.807, 2.05) is 3.28 Å². The molecule has 0 aromatic rings. The Morgan fingerprint density at radius 2 is 1.92 bits per heavy atom. The maximum atomic E-state index is 2.60. The average molecular weight is 282 g/mol. The molecule has 1 aliphatic rings. The summed E-state index contributed by atoms with van der Waals surface area (Å²) in [5.41, 5.74) is 0. The van der Waals surface area contributed by atoms with E-state index in [9.17, 15) is 0 Å². The van der Waals surface area contributed by atoms with E-state index in [2.05, 4.69) is 40.6 Å². The molecule has 70 valence electrons. The Labute approximate surface area is 87.5 Å². The molecule has 0 heterocycles. The Kier molecular flexibility index (Phi) is 5.29. The topological polar surface area (TPSA) is 0 Å². The van der Waals surface area contributed by atoms with Gasteiger partial charge in [0.1, 0.15) is 0 Å². The summed E-state index contributed by atoms with van der Waals surface area (Å²) in [7, 11) is 0. The third-order valence-electron chi connectivity index (χ3n) is 3.04. The Morgan fingerprint density at radius 3 is 2.25 bits per heavy atom. The van der Waals surface area contributed by atoms with Crippen molar-refractivity contribution in [1.29, 1.82) is 0 Å². The van der Waals surface area contributed by atoms with E-state index in [1.165, 1.54) is 6.42 Å². The third-order valence-corrected chi connectivity index (χ3v) is 34.4. The minimum Gasteiger partial charge on any atom is -0.147 e. The van der Waals surface area contributed by atoms with Crippen LogP contribution in [-0.2, 0) is 19.4 Å². The SMILES string of the molecule is C[SiH](C)[Zr]([CH3])([CH3])[C]1=CC=CC1.Cl. The molecular formula is C9H19ClSiZr. The van der Waals surface area contributed by atoms with Crippen molar-refractivity contribution in [3.8, 4) is 0 Å². The van der Waals surface area contributed by atoms with Crippen LogP contribution in [0.2, 0.25) is 22.4 Å². The predicted molar refractivity (Wildman–Crippen MR) is 59.7 cm³/mol. The van der Waals surface area contributed by atoms with Crippen molar-refractivity contribution < 1.29 is 19.4 Å². The second kappa shape index (κ2) is 4.93. The van der Waals surface area contributed by atoms with Gasteiger partial charge < -0.3 is 0 Å². The smallest absolute Gasteiger partial charge is 0.147 e. The van der Waals surface area contributed by atoms with Crippen molar-refractivity contribution in [2.75, 3.05) is 0 Å². The molecule has 0 N–H and O–H groups in total. The summed E-state index contributed by atoms with van der Waals surface area (Å²) in [5, 5.41) is 0. The molecule has 0 fully saturated rings. The molecule has 1 rings (SSSR count). The van der Waals surface area contributed by atoms with Crippen LogP contribution in [0.1, 0.15) is 6.42 Å². The summed E-state index contributed by atoms with van der Waals surface area (Å²) in [6.45, 7) is 5.05. The van der Waals surface area contributed by atoms with Gasteiger partial charge >= 0.3 is 75.6 Å². The molecule has 0 amide bonds. The number of allylic oxidation sites excluding steroid dienone is 4. The van der Waals surface area contributed by atoms with E-state index >= 15 is 0 Å². The number of hydrogen-bond donors (Lipinski definition) is 0. The molecule has 0 atom stereocenters. The Morgan fingerprint density at radius 1 is 1.33 bits per heavy atom. The first-order valence-electron chi connectivity index (χ1n) is 4.41. The van der Waals surface area contributed by atoms with Gasteiger partial charge in [-0.3, -0.25) is 0 Å². The fourth-order valence-electron chi connectivity index (χ4n) is 1.30. The van der Waals surface area contributed by atoms with Crippen LogP contribution >= 0.6 is 12.4 Å². The fraction of sp³-hybridized carbons (Fsp3) is 0.556. The molecule has 0 bridgehead atoms. The summed E-state index contributed by atoms with van der Waals surface area (Å²) >= 11 is -1.64. The van der Waals surface area contributed by atoms with Gasteiger partial charge in [-0.25, -0.2) is 0 Å². The maximum Gasteiger partial charge on any atom is -0.147 e. The van der Waals surface area contributed by atoms with Crippen LogP contribution in [0.3, 0.4) is 0 Å². The van der Waals surface area contributed by atoms with Gasteiger partial charge in [-0.1, -0.05) is 0 Å². The van der Waals surface area contributed by atoms with Crippen molar-refractivity contribution in [3.63, 3.8) is 0 Å². The first kappa shape index (κ1) is 12.9. The van der Waals surface area contributed by atoms with Gasteiger partial charge in [0, 0.05) is 0 Å². The molecule has 3 heteroatoms. The second-order valence-electron chi connectivity index (χ2n) is 4.20. The number of hydrogen-bond acceptors (Lipinski definition) is 0. The van der Waals surface area contributed by atoms with Crippen LogP contribution in [-0.4, -0.2) is 5.92 Å². The van der Waals surface area contributed by atoms with E-state index in [0.29, 0.717) is 0 Å². The quantitative estimate of drug-likeness (QED) is 0.680. The first-order chi connectivity index (χ1) is 5.05. The summed E-state index contributed by atoms with van der Waals surface area (Å²) in [4.78, 5) is 0. The van der Waals surface area contributed by atoms with Crippen LogP contribution in [0.5, 0.6) is 0 Å². The van der Waals surface area contributed by atoms with E-state index < -0.39 is 19.4 Å². The summed E-state index contributed by atoms with van der Waals surface area (Å²) < 4.78 is 7.05. The molecule has 1 aliphatic carbocycles. The van der Waals surface area contributed by atoms with Crippen LogP contribution in [0.25, 0.3) is 0 Å². The Bertz CT molecular complexity index is 207. The molecular weight excluding hydrogens is 263 g/mol. The molecule has 0 saturated heterocycles. The molecule has 0 aromatic heterocycles. The molecule has 0 nitrogen and oxygen atoms in total. The van der Waals surface area contributed by atoms with Crippen LogP contribution in [0, 0.1) is 0 Å². The number of halogens is 1. The van der Waals surface area contributed by atoms with Crippen LogP contribution < -0.4 is 0 Å². The Hall–Kier alpha value is 0.870. The van der Waals surface area contributed by atoms with E-state index in [-0.39, 0.29) is 18.3 Å². The standard InChI is InChI=1S/C5H5.C2H7Si.2CH3.ClH.Zr/c1-2-4-5-3-1;1-3-2;;;;/h1-3H,4H2;3H,1-2H3;2*1H3;1H;. The van der Waals surface area contributed by atoms with Crippen molar-refractivity contribution in [2.45, 2.75) is 28.8 Å². The fourth-order valence-corrected chi connectivity index (χ4v) is 11.6. The normalized spacial score (nSPS) is 16.2. The van der Waals surface area contributed by atoms with Crippen molar-refractivity contribution in [1.82, 2.24) is 0 Å². The van der Waals surface area contributed by atoms with Crippen molar-refractivity contribution in [3.05, 3.63) is 21.5 Å². The zero-order valence-electron chi connectivity index (χ0n) is 8.42. The van der Waals surface area contributed by atoms with E-state index in [0.717, 1.165) is 0 Å². The molecule has 12 heavy (non-hydrogen) atoms. The monoisotopic (exact) mass is 280 g/mol. The molecule has 0 spiro atoms. The summed E-state index contributed by atoms with van der Waals surface area (Å²) in [6.07, 6.45) is 8.23. The van der Waals surface area contributed by atoms with Crippen LogP contribution in [0.15, 0.2) is 21.5 Å². The minimum absolute atomic E-state index is 0. The molecule has 0 radical (unpaired) electrons. The summed E-state index contributed by atoms with van der Waals surface area (Å²) in [6, 6.07) is 0. The molecule has 0 aliphatic heterocycles. The first-order valence-corrected chi connectivity index (χ1v) is 17.7. The minimum atomic E-state index is -1.64. The van der Waals surface area contributed by atoms with Gasteiger partial charge in [-0.15, -0.1) is 12.4 Å². The largest absolute Gasteiger partial charge is 0.147 e.